The minimum absolute atomic E-state index is 0.0327. The summed E-state index contributed by atoms with van der Waals surface area (Å²) in [6, 6.07) is 3.03. The van der Waals surface area contributed by atoms with Crippen LogP contribution in [0.3, 0.4) is 0 Å². The molecule has 21 heavy (non-hydrogen) atoms. The molecule has 0 aromatic heterocycles. The fourth-order valence-electron chi connectivity index (χ4n) is 1.73. The monoisotopic (exact) mass is 326 g/mol. The maximum atomic E-state index is 12.7. The van der Waals surface area contributed by atoms with Crippen molar-refractivity contribution in [1.82, 2.24) is 0 Å². The molecule has 1 aromatic carbocycles. The maximum absolute atomic E-state index is 12.7. The lowest BCUT2D eigenvalue weighted by Crippen LogP contribution is -2.26. The molecule has 0 radical (unpaired) electrons. The van der Waals surface area contributed by atoms with Crippen LogP contribution in [0.1, 0.15) is 28.8 Å². The number of aliphatic hydroxyl groups excluding tert-OH is 1. The fraction of sp³-hybridized carbons (Fsp3) is 0.417. The smallest absolute Gasteiger partial charge is 0.465 e. The summed E-state index contributed by atoms with van der Waals surface area (Å²) in [6.45, 7) is 0.964. The second-order valence-electron chi connectivity index (χ2n) is 4.24. The van der Waals surface area contributed by atoms with Crippen LogP contribution in [0.15, 0.2) is 23.1 Å². The molecule has 1 N–H and O–H groups in total. The van der Waals surface area contributed by atoms with Crippen molar-refractivity contribution >= 4 is 15.8 Å². The zero-order valence-corrected chi connectivity index (χ0v) is 12.0. The summed E-state index contributed by atoms with van der Waals surface area (Å²) in [7, 11) is -4.79. The Morgan fingerprint density at radius 3 is 2.38 bits per heavy atom. The number of methoxy groups -OCH3 is 1. The first-order valence-electron chi connectivity index (χ1n) is 5.71. The Kier molecular flexibility index (Phi) is 5.00. The Bertz CT molecular complexity index is 637. The Balaban J connectivity index is 3.73. The van der Waals surface area contributed by atoms with Crippen molar-refractivity contribution in [1.29, 1.82) is 0 Å². The topological polar surface area (TPSA) is 80.7 Å². The molecule has 1 aromatic rings. The van der Waals surface area contributed by atoms with Gasteiger partial charge in [0.2, 0.25) is 0 Å². The van der Waals surface area contributed by atoms with Crippen molar-refractivity contribution < 1.29 is 36.2 Å². The van der Waals surface area contributed by atoms with Gasteiger partial charge in [-0.15, -0.1) is 0 Å². The number of ether oxygens (including phenoxy) is 1. The van der Waals surface area contributed by atoms with Gasteiger partial charge in [0.25, 0.3) is 9.84 Å². The highest BCUT2D eigenvalue weighted by Gasteiger charge is 2.49. The molecule has 1 unspecified atom stereocenters. The van der Waals surface area contributed by atoms with Crippen molar-refractivity contribution in [2.24, 2.45) is 0 Å². The molecule has 0 saturated carbocycles. The van der Waals surface area contributed by atoms with Crippen LogP contribution in [0, 0.1) is 0 Å². The van der Waals surface area contributed by atoms with Crippen molar-refractivity contribution in [2.45, 2.75) is 23.2 Å². The molecule has 118 valence electrons. The number of aliphatic hydroxyl groups is 1. The van der Waals surface area contributed by atoms with Crippen LogP contribution in [0.5, 0.6) is 0 Å². The third-order valence-corrected chi connectivity index (χ3v) is 4.38. The molecule has 1 atom stereocenters. The normalized spacial score (nSPS) is 13.8. The molecule has 0 aliphatic heterocycles. The lowest BCUT2D eigenvalue weighted by Gasteiger charge is -2.17. The SMILES string of the molecule is COC(=O)c1c(C(C)CO)cccc1S(=O)(=O)C(F)(F)F. The van der Waals surface area contributed by atoms with E-state index >= 15 is 0 Å². The van der Waals surface area contributed by atoms with Crippen LogP contribution in [-0.4, -0.2) is 38.7 Å². The number of halogens is 3. The van der Waals surface area contributed by atoms with Gasteiger partial charge >= 0.3 is 11.5 Å². The number of carbonyl (C=O) groups excluding carboxylic acids is 1. The number of rotatable bonds is 4. The number of hydrogen-bond donors (Lipinski definition) is 1. The number of esters is 1. The van der Waals surface area contributed by atoms with Crippen LogP contribution < -0.4 is 0 Å². The molecule has 0 aliphatic rings. The molecule has 0 amide bonds. The molecule has 0 bridgehead atoms. The van der Waals surface area contributed by atoms with E-state index in [0.717, 1.165) is 13.2 Å². The Labute approximate surface area is 119 Å². The predicted molar refractivity (Wildman–Crippen MR) is 66.5 cm³/mol. The molecule has 9 heteroatoms. The van der Waals surface area contributed by atoms with Crippen molar-refractivity contribution in [3.8, 4) is 0 Å². The van der Waals surface area contributed by atoms with E-state index < -0.39 is 44.3 Å². The number of sulfone groups is 1. The summed E-state index contributed by atoms with van der Waals surface area (Å²) >= 11 is 0. The van der Waals surface area contributed by atoms with Gasteiger partial charge in [-0.1, -0.05) is 19.1 Å². The van der Waals surface area contributed by atoms with Gasteiger partial charge in [-0.05, 0) is 11.6 Å². The molecule has 0 saturated heterocycles. The average molecular weight is 326 g/mol. The van der Waals surface area contributed by atoms with Gasteiger partial charge in [-0.2, -0.15) is 13.2 Å². The summed E-state index contributed by atoms with van der Waals surface area (Å²) in [5.41, 5.74) is -6.29. The highest BCUT2D eigenvalue weighted by atomic mass is 32.2. The lowest BCUT2D eigenvalue weighted by atomic mass is 9.96. The number of benzene rings is 1. The van der Waals surface area contributed by atoms with E-state index in [1.54, 1.807) is 0 Å². The highest BCUT2D eigenvalue weighted by molar-refractivity contribution is 7.92. The largest absolute Gasteiger partial charge is 0.501 e. The van der Waals surface area contributed by atoms with E-state index in [9.17, 15) is 26.4 Å². The summed E-state index contributed by atoms with van der Waals surface area (Å²) in [5.74, 6) is -1.95. The van der Waals surface area contributed by atoms with E-state index in [2.05, 4.69) is 4.74 Å². The van der Waals surface area contributed by atoms with Gasteiger partial charge in [-0.25, -0.2) is 13.2 Å². The van der Waals surface area contributed by atoms with Gasteiger partial charge in [0.15, 0.2) is 0 Å². The standard InChI is InChI=1S/C12H13F3O5S/c1-7(6-16)8-4-3-5-9(10(8)11(17)20-2)21(18,19)12(13,14)15/h3-5,7,16H,6H2,1-2H3. The average Bonchev–Trinajstić information content (AvgIpc) is 2.43. The first-order valence-corrected chi connectivity index (χ1v) is 7.19. The third kappa shape index (κ3) is 3.18. The second kappa shape index (κ2) is 6.02. The zero-order valence-electron chi connectivity index (χ0n) is 11.1. The third-order valence-electron chi connectivity index (χ3n) is 2.85. The zero-order chi connectivity index (χ0) is 16.4. The second-order valence-corrected chi connectivity index (χ2v) is 6.15. The van der Waals surface area contributed by atoms with Crippen LogP contribution in [0.2, 0.25) is 0 Å². The quantitative estimate of drug-likeness (QED) is 0.854. The molecule has 5 nitrogen and oxygen atoms in total. The highest BCUT2D eigenvalue weighted by Crippen LogP contribution is 2.35. The molecule has 0 fully saturated rings. The van der Waals surface area contributed by atoms with Gasteiger partial charge < -0.3 is 9.84 Å². The van der Waals surface area contributed by atoms with Crippen LogP contribution >= 0.6 is 0 Å². The Morgan fingerprint density at radius 1 is 1.38 bits per heavy atom. The van der Waals surface area contributed by atoms with E-state index in [0.29, 0.717) is 6.07 Å². The van der Waals surface area contributed by atoms with Crippen LogP contribution in [-0.2, 0) is 14.6 Å². The van der Waals surface area contributed by atoms with Crippen LogP contribution in [0.25, 0.3) is 0 Å². The predicted octanol–water partition coefficient (Wildman–Crippen LogP) is 1.86. The Morgan fingerprint density at radius 2 is 1.95 bits per heavy atom. The van der Waals surface area contributed by atoms with E-state index in [1.807, 2.05) is 0 Å². The number of hydrogen-bond acceptors (Lipinski definition) is 5. The van der Waals surface area contributed by atoms with Gasteiger partial charge in [0, 0.05) is 12.5 Å². The van der Waals surface area contributed by atoms with E-state index in [-0.39, 0.29) is 5.56 Å². The van der Waals surface area contributed by atoms with Gasteiger partial charge in [0.1, 0.15) is 0 Å². The van der Waals surface area contributed by atoms with Crippen molar-refractivity contribution in [3.63, 3.8) is 0 Å². The minimum Gasteiger partial charge on any atom is -0.465 e. The van der Waals surface area contributed by atoms with E-state index in [1.165, 1.54) is 13.0 Å². The molecular formula is C12H13F3O5S. The number of carbonyl (C=O) groups is 1. The van der Waals surface area contributed by atoms with Gasteiger partial charge in [0.05, 0.1) is 17.6 Å². The summed E-state index contributed by atoms with van der Waals surface area (Å²) in [4.78, 5) is 10.5. The first kappa shape index (κ1) is 17.4. The molecule has 1 rings (SSSR count). The van der Waals surface area contributed by atoms with Gasteiger partial charge in [-0.3, -0.25) is 0 Å². The molecular weight excluding hydrogens is 313 g/mol. The maximum Gasteiger partial charge on any atom is 0.501 e. The summed E-state index contributed by atoms with van der Waals surface area (Å²) in [5, 5.41) is 9.10. The van der Waals surface area contributed by atoms with Crippen molar-refractivity contribution in [2.75, 3.05) is 13.7 Å². The molecule has 0 spiro atoms. The Hall–Kier alpha value is -1.61. The number of alkyl halides is 3. The fourth-order valence-corrected chi connectivity index (χ4v) is 2.70. The minimum atomic E-state index is -5.71. The van der Waals surface area contributed by atoms with Crippen LogP contribution in [0.4, 0.5) is 13.2 Å². The molecule has 0 heterocycles. The molecule has 0 aliphatic carbocycles. The summed E-state index contributed by atoms with van der Waals surface area (Å²) in [6.07, 6.45) is 0. The first-order chi connectivity index (χ1) is 9.57. The summed E-state index contributed by atoms with van der Waals surface area (Å²) < 4.78 is 65.6. The van der Waals surface area contributed by atoms with Crippen molar-refractivity contribution in [3.05, 3.63) is 29.3 Å². The lowest BCUT2D eigenvalue weighted by molar-refractivity contribution is -0.0436. The van der Waals surface area contributed by atoms with E-state index in [4.69, 9.17) is 5.11 Å².